The smallest absolute Gasteiger partial charge is 0.416 e. The van der Waals surface area contributed by atoms with Crippen molar-refractivity contribution in [3.05, 3.63) is 48.0 Å². The molecule has 18 heavy (non-hydrogen) atoms. The molecule has 1 atom stereocenters. The van der Waals surface area contributed by atoms with E-state index in [1.165, 1.54) is 18.2 Å². The Hall–Kier alpha value is -1.82. The standard InChI is InChI=1S/C12H12F3NO2/c1-2-6-16-10(11(17)18)8-4-3-5-9(7-8)12(13,14)15/h2-5,7,10,16H,1,6H2,(H,17,18). The predicted molar refractivity (Wildman–Crippen MR) is 60.0 cm³/mol. The Labute approximate surface area is 102 Å². The molecule has 0 aromatic heterocycles. The zero-order chi connectivity index (χ0) is 13.8. The molecule has 0 amide bonds. The number of aliphatic carboxylic acids is 1. The van der Waals surface area contributed by atoms with Crippen LogP contribution >= 0.6 is 0 Å². The second-order valence-corrected chi connectivity index (χ2v) is 3.59. The molecular formula is C12H12F3NO2. The normalized spacial score (nSPS) is 13.1. The van der Waals surface area contributed by atoms with Gasteiger partial charge in [0.25, 0.3) is 0 Å². The first-order chi connectivity index (χ1) is 8.36. The summed E-state index contributed by atoms with van der Waals surface area (Å²) in [5, 5.41) is 11.5. The Morgan fingerprint density at radius 1 is 1.50 bits per heavy atom. The number of hydrogen-bond donors (Lipinski definition) is 2. The van der Waals surface area contributed by atoms with Gasteiger partial charge in [-0.1, -0.05) is 18.2 Å². The van der Waals surface area contributed by atoms with E-state index in [2.05, 4.69) is 11.9 Å². The second-order valence-electron chi connectivity index (χ2n) is 3.59. The number of carbonyl (C=O) groups is 1. The summed E-state index contributed by atoms with van der Waals surface area (Å²) in [5.41, 5.74) is -0.814. The van der Waals surface area contributed by atoms with E-state index < -0.39 is 23.8 Å². The molecule has 2 N–H and O–H groups in total. The number of nitrogens with one attached hydrogen (secondary N) is 1. The lowest BCUT2D eigenvalue weighted by molar-refractivity contribution is -0.140. The highest BCUT2D eigenvalue weighted by molar-refractivity contribution is 5.75. The van der Waals surface area contributed by atoms with Gasteiger partial charge in [0.15, 0.2) is 0 Å². The molecule has 3 nitrogen and oxygen atoms in total. The van der Waals surface area contributed by atoms with Gasteiger partial charge in [0, 0.05) is 6.54 Å². The van der Waals surface area contributed by atoms with Gasteiger partial charge in [0.2, 0.25) is 0 Å². The maximum absolute atomic E-state index is 12.5. The van der Waals surface area contributed by atoms with Crippen LogP contribution in [0.5, 0.6) is 0 Å². The molecule has 0 radical (unpaired) electrons. The number of alkyl halides is 3. The Bertz CT molecular complexity index is 443. The van der Waals surface area contributed by atoms with E-state index in [1.54, 1.807) is 0 Å². The Balaban J connectivity index is 3.05. The first-order valence-corrected chi connectivity index (χ1v) is 5.10. The fraction of sp³-hybridized carbons (Fsp3) is 0.250. The summed E-state index contributed by atoms with van der Waals surface area (Å²) in [6, 6.07) is 3.06. The Morgan fingerprint density at radius 2 is 2.17 bits per heavy atom. The number of carboxylic acids is 1. The van der Waals surface area contributed by atoms with Crippen molar-refractivity contribution < 1.29 is 23.1 Å². The van der Waals surface area contributed by atoms with E-state index in [1.807, 2.05) is 0 Å². The van der Waals surface area contributed by atoms with Crippen LogP contribution in [0.1, 0.15) is 17.2 Å². The van der Waals surface area contributed by atoms with Crippen LogP contribution in [-0.2, 0) is 11.0 Å². The van der Waals surface area contributed by atoms with E-state index in [4.69, 9.17) is 5.11 Å². The van der Waals surface area contributed by atoms with Crippen molar-refractivity contribution in [2.24, 2.45) is 0 Å². The lowest BCUT2D eigenvalue weighted by Crippen LogP contribution is -2.28. The van der Waals surface area contributed by atoms with Crippen LogP contribution in [-0.4, -0.2) is 17.6 Å². The van der Waals surface area contributed by atoms with Crippen LogP contribution in [0.4, 0.5) is 13.2 Å². The molecule has 0 saturated heterocycles. The van der Waals surface area contributed by atoms with Crippen molar-refractivity contribution in [3.63, 3.8) is 0 Å². The minimum absolute atomic E-state index is 0.0548. The molecule has 0 aliphatic rings. The molecular weight excluding hydrogens is 247 g/mol. The van der Waals surface area contributed by atoms with Crippen molar-refractivity contribution in [2.75, 3.05) is 6.54 Å². The third kappa shape index (κ3) is 3.59. The first kappa shape index (κ1) is 14.2. The summed E-state index contributed by atoms with van der Waals surface area (Å²) >= 11 is 0. The van der Waals surface area contributed by atoms with E-state index in [0.29, 0.717) is 0 Å². The quantitative estimate of drug-likeness (QED) is 0.799. The average Bonchev–Trinajstić information content (AvgIpc) is 2.28. The van der Waals surface area contributed by atoms with E-state index in [9.17, 15) is 18.0 Å². The molecule has 1 aromatic rings. The van der Waals surface area contributed by atoms with Crippen LogP contribution in [0.15, 0.2) is 36.9 Å². The molecule has 98 valence electrons. The van der Waals surface area contributed by atoms with Crippen LogP contribution < -0.4 is 5.32 Å². The number of halogens is 3. The number of rotatable bonds is 5. The molecule has 0 spiro atoms. The Kier molecular flexibility index (Phi) is 4.49. The van der Waals surface area contributed by atoms with Gasteiger partial charge >= 0.3 is 12.1 Å². The van der Waals surface area contributed by atoms with Crippen LogP contribution in [0.3, 0.4) is 0 Å². The minimum atomic E-state index is -4.49. The van der Waals surface area contributed by atoms with Crippen LogP contribution in [0.2, 0.25) is 0 Å². The molecule has 0 heterocycles. The van der Waals surface area contributed by atoms with Gasteiger partial charge in [-0.25, -0.2) is 0 Å². The van der Waals surface area contributed by atoms with Gasteiger partial charge in [-0.2, -0.15) is 13.2 Å². The van der Waals surface area contributed by atoms with Crippen LogP contribution in [0, 0.1) is 0 Å². The molecule has 0 saturated carbocycles. The minimum Gasteiger partial charge on any atom is -0.480 e. The third-order valence-electron chi connectivity index (χ3n) is 2.26. The SMILES string of the molecule is C=CCNC(C(=O)O)c1cccc(C(F)(F)F)c1. The lowest BCUT2D eigenvalue weighted by atomic mass is 10.0. The number of hydrogen-bond acceptors (Lipinski definition) is 2. The van der Waals surface area contributed by atoms with Crippen molar-refractivity contribution in [2.45, 2.75) is 12.2 Å². The van der Waals surface area contributed by atoms with Gasteiger partial charge in [-0.05, 0) is 17.7 Å². The molecule has 1 aromatic carbocycles. The fourth-order valence-electron chi connectivity index (χ4n) is 1.44. The third-order valence-corrected chi connectivity index (χ3v) is 2.26. The summed E-state index contributed by atoms with van der Waals surface area (Å²) in [6.07, 6.45) is -3.05. The maximum atomic E-state index is 12.5. The van der Waals surface area contributed by atoms with Gasteiger partial charge in [0.05, 0.1) is 5.56 Å². The topological polar surface area (TPSA) is 49.3 Å². The molecule has 1 rings (SSSR count). The summed E-state index contributed by atoms with van der Waals surface area (Å²) < 4.78 is 37.5. The average molecular weight is 259 g/mol. The molecule has 0 aliphatic carbocycles. The predicted octanol–water partition coefficient (Wildman–Crippen LogP) is 2.61. The summed E-state index contributed by atoms with van der Waals surface area (Å²) in [4.78, 5) is 11.0. The largest absolute Gasteiger partial charge is 0.480 e. The van der Waals surface area contributed by atoms with Gasteiger partial charge in [-0.3, -0.25) is 10.1 Å². The Morgan fingerprint density at radius 3 is 2.67 bits per heavy atom. The molecule has 0 bridgehead atoms. The number of benzene rings is 1. The van der Waals surface area contributed by atoms with Gasteiger partial charge < -0.3 is 5.11 Å². The van der Waals surface area contributed by atoms with Gasteiger partial charge in [0.1, 0.15) is 6.04 Å². The maximum Gasteiger partial charge on any atom is 0.416 e. The zero-order valence-corrected chi connectivity index (χ0v) is 9.37. The fourth-order valence-corrected chi connectivity index (χ4v) is 1.44. The highest BCUT2D eigenvalue weighted by atomic mass is 19.4. The first-order valence-electron chi connectivity index (χ1n) is 5.10. The summed E-state index contributed by atoms with van der Waals surface area (Å²) in [6.45, 7) is 3.59. The summed E-state index contributed by atoms with van der Waals surface area (Å²) in [5.74, 6) is -1.24. The molecule has 1 unspecified atom stereocenters. The van der Waals surface area contributed by atoms with Crippen LogP contribution in [0.25, 0.3) is 0 Å². The molecule has 0 fully saturated rings. The lowest BCUT2D eigenvalue weighted by Gasteiger charge is -2.15. The van der Waals surface area contributed by atoms with E-state index in [-0.39, 0.29) is 12.1 Å². The highest BCUT2D eigenvalue weighted by Crippen LogP contribution is 2.30. The highest BCUT2D eigenvalue weighted by Gasteiger charge is 2.31. The molecule has 0 aliphatic heterocycles. The van der Waals surface area contributed by atoms with Crippen molar-refractivity contribution in [1.82, 2.24) is 5.32 Å². The zero-order valence-electron chi connectivity index (χ0n) is 9.37. The van der Waals surface area contributed by atoms with Crippen molar-refractivity contribution >= 4 is 5.97 Å². The van der Waals surface area contributed by atoms with E-state index in [0.717, 1.165) is 12.1 Å². The number of carboxylic acid groups (broad SMARTS) is 1. The monoisotopic (exact) mass is 259 g/mol. The molecule has 6 heteroatoms. The van der Waals surface area contributed by atoms with Crippen molar-refractivity contribution in [3.8, 4) is 0 Å². The van der Waals surface area contributed by atoms with Crippen molar-refractivity contribution in [1.29, 1.82) is 0 Å². The summed E-state index contributed by atoms with van der Waals surface area (Å²) in [7, 11) is 0. The van der Waals surface area contributed by atoms with Gasteiger partial charge in [-0.15, -0.1) is 6.58 Å². The van der Waals surface area contributed by atoms with E-state index >= 15 is 0 Å². The second kappa shape index (κ2) is 5.68.